The molecule has 1 aromatic carbocycles. The van der Waals surface area contributed by atoms with Crippen LogP contribution in [0.2, 0.25) is 5.02 Å². The minimum absolute atomic E-state index is 0.190. The van der Waals surface area contributed by atoms with E-state index in [0.29, 0.717) is 5.92 Å². The molecule has 0 bridgehead atoms. The smallest absolute Gasteiger partial charge is 0.0408 e. The van der Waals surface area contributed by atoms with Crippen molar-refractivity contribution in [1.29, 1.82) is 0 Å². The highest BCUT2D eigenvalue weighted by atomic mass is 35.5. The maximum atomic E-state index is 6.11. The van der Waals surface area contributed by atoms with Crippen LogP contribution in [0, 0.1) is 5.92 Å². The fourth-order valence-corrected chi connectivity index (χ4v) is 2.80. The van der Waals surface area contributed by atoms with Gasteiger partial charge >= 0.3 is 0 Å². The summed E-state index contributed by atoms with van der Waals surface area (Å²) in [7, 11) is 0. The molecule has 120 valence electrons. The Bertz CT molecular complexity index is 395. The third kappa shape index (κ3) is 9.16. The van der Waals surface area contributed by atoms with E-state index in [9.17, 15) is 0 Å². The molecule has 1 nitrogen and oxygen atoms in total. The Kier molecular flexibility index (Phi) is 8.36. The first-order valence-electron chi connectivity index (χ1n) is 8.40. The first-order chi connectivity index (χ1) is 9.90. The maximum absolute atomic E-state index is 6.11. The van der Waals surface area contributed by atoms with Gasteiger partial charge in [-0.1, -0.05) is 56.3 Å². The number of hydrogen-bond donors (Lipinski definition) is 1. The van der Waals surface area contributed by atoms with E-state index in [1.54, 1.807) is 0 Å². The molecule has 0 saturated heterocycles. The van der Waals surface area contributed by atoms with Gasteiger partial charge in [-0.2, -0.15) is 0 Å². The Morgan fingerprint density at radius 2 is 1.90 bits per heavy atom. The molecule has 0 amide bonds. The summed E-state index contributed by atoms with van der Waals surface area (Å²) < 4.78 is 0. The molecule has 0 radical (unpaired) electrons. The van der Waals surface area contributed by atoms with Crippen molar-refractivity contribution in [2.24, 2.45) is 5.92 Å². The summed E-state index contributed by atoms with van der Waals surface area (Å²) in [5, 5.41) is 4.51. The molecule has 0 saturated carbocycles. The van der Waals surface area contributed by atoms with Gasteiger partial charge in [-0.25, -0.2) is 0 Å². The Labute approximate surface area is 136 Å². The van der Waals surface area contributed by atoms with Gasteiger partial charge in [0.05, 0.1) is 0 Å². The number of nitrogens with one attached hydrogen (secondary N) is 1. The largest absolute Gasteiger partial charge is 0.312 e. The molecule has 0 spiro atoms. The molecule has 0 aliphatic heterocycles. The van der Waals surface area contributed by atoms with Crippen LogP contribution in [-0.4, -0.2) is 12.1 Å². The van der Waals surface area contributed by atoms with Crippen LogP contribution in [0.15, 0.2) is 24.3 Å². The second kappa shape index (κ2) is 9.48. The lowest BCUT2D eigenvalue weighted by atomic mass is 9.92. The topological polar surface area (TPSA) is 12.0 Å². The van der Waals surface area contributed by atoms with Crippen molar-refractivity contribution in [3.63, 3.8) is 0 Å². The van der Waals surface area contributed by atoms with E-state index in [1.807, 2.05) is 6.07 Å². The van der Waals surface area contributed by atoms with Gasteiger partial charge in [0.15, 0.2) is 0 Å². The summed E-state index contributed by atoms with van der Waals surface area (Å²) >= 11 is 6.11. The van der Waals surface area contributed by atoms with Gasteiger partial charge < -0.3 is 5.32 Å². The van der Waals surface area contributed by atoms with Crippen LogP contribution in [0.25, 0.3) is 0 Å². The van der Waals surface area contributed by atoms with Gasteiger partial charge in [0, 0.05) is 10.6 Å². The van der Waals surface area contributed by atoms with Crippen LogP contribution in [-0.2, 0) is 6.42 Å². The lowest BCUT2D eigenvalue weighted by Gasteiger charge is -2.25. The van der Waals surface area contributed by atoms with Crippen molar-refractivity contribution in [3.8, 4) is 0 Å². The summed E-state index contributed by atoms with van der Waals surface area (Å²) in [5.74, 6) is 0.694. The van der Waals surface area contributed by atoms with E-state index < -0.39 is 0 Å². The van der Waals surface area contributed by atoms with Gasteiger partial charge in [0.1, 0.15) is 0 Å². The van der Waals surface area contributed by atoms with Crippen LogP contribution >= 0.6 is 11.6 Å². The second-order valence-electron chi connectivity index (χ2n) is 7.18. The molecule has 21 heavy (non-hydrogen) atoms. The Morgan fingerprint density at radius 1 is 1.14 bits per heavy atom. The SMILES string of the molecule is CCCCCCC(CNC(C)(C)C)Cc1cccc(Cl)c1. The fraction of sp³-hybridized carbons (Fsp3) is 0.684. The number of halogens is 1. The average molecular weight is 310 g/mol. The highest BCUT2D eigenvalue weighted by molar-refractivity contribution is 6.30. The fourth-order valence-electron chi connectivity index (χ4n) is 2.58. The molecule has 2 heteroatoms. The van der Waals surface area contributed by atoms with Crippen molar-refractivity contribution >= 4 is 11.6 Å². The maximum Gasteiger partial charge on any atom is 0.0408 e. The Balaban J connectivity index is 2.53. The van der Waals surface area contributed by atoms with E-state index in [4.69, 9.17) is 11.6 Å². The van der Waals surface area contributed by atoms with E-state index in [2.05, 4.69) is 51.2 Å². The summed E-state index contributed by atoms with van der Waals surface area (Å²) in [4.78, 5) is 0. The van der Waals surface area contributed by atoms with Crippen LogP contribution in [0.4, 0.5) is 0 Å². The lowest BCUT2D eigenvalue weighted by molar-refractivity contribution is 0.349. The standard InChI is InChI=1S/C19H32ClN/c1-5-6-7-8-10-17(15-21-19(2,3)4)13-16-11-9-12-18(20)14-16/h9,11-12,14,17,21H,5-8,10,13,15H2,1-4H3. The third-order valence-electron chi connectivity index (χ3n) is 3.80. The Morgan fingerprint density at radius 3 is 2.52 bits per heavy atom. The van der Waals surface area contributed by atoms with E-state index >= 15 is 0 Å². The molecular formula is C19H32ClN. The monoisotopic (exact) mass is 309 g/mol. The number of rotatable bonds is 9. The molecule has 1 rings (SSSR count). The van der Waals surface area contributed by atoms with Gasteiger partial charge in [-0.05, 0) is 63.8 Å². The van der Waals surface area contributed by atoms with Gasteiger partial charge in [-0.3, -0.25) is 0 Å². The third-order valence-corrected chi connectivity index (χ3v) is 4.04. The van der Waals surface area contributed by atoms with Gasteiger partial charge in [0.25, 0.3) is 0 Å². The summed E-state index contributed by atoms with van der Waals surface area (Å²) in [6.45, 7) is 10.1. The molecule has 1 atom stereocenters. The normalized spacial score (nSPS) is 13.4. The minimum atomic E-state index is 0.190. The van der Waals surface area contributed by atoms with E-state index in [1.165, 1.54) is 37.7 Å². The molecule has 0 aromatic heterocycles. The van der Waals surface area contributed by atoms with E-state index in [0.717, 1.165) is 18.0 Å². The molecule has 0 heterocycles. The van der Waals surface area contributed by atoms with Gasteiger partial charge in [-0.15, -0.1) is 0 Å². The highest BCUT2D eigenvalue weighted by Gasteiger charge is 2.15. The molecule has 0 fully saturated rings. The van der Waals surface area contributed by atoms with Crippen LogP contribution in [0.5, 0.6) is 0 Å². The quantitative estimate of drug-likeness (QED) is 0.564. The predicted molar refractivity (Wildman–Crippen MR) is 95.2 cm³/mol. The van der Waals surface area contributed by atoms with Crippen molar-refractivity contribution < 1.29 is 0 Å². The zero-order chi connectivity index (χ0) is 15.7. The number of benzene rings is 1. The van der Waals surface area contributed by atoms with E-state index in [-0.39, 0.29) is 5.54 Å². The molecular weight excluding hydrogens is 278 g/mol. The summed E-state index contributed by atoms with van der Waals surface area (Å²) in [5.41, 5.74) is 1.55. The van der Waals surface area contributed by atoms with Crippen molar-refractivity contribution in [2.75, 3.05) is 6.54 Å². The molecule has 0 aliphatic carbocycles. The first-order valence-corrected chi connectivity index (χ1v) is 8.78. The molecule has 1 aromatic rings. The lowest BCUT2D eigenvalue weighted by Crippen LogP contribution is -2.39. The second-order valence-corrected chi connectivity index (χ2v) is 7.62. The van der Waals surface area contributed by atoms with Crippen LogP contribution < -0.4 is 5.32 Å². The minimum Gasteiger partial charge on any atom is -0.312 e. The number of unbranched alkanes of at least 4 members (excludes halogenated alkanes) is 3. The highest BCUT2D eigenvalue weighted by Crippen LogP contribution is 2.19. The number of hydrogen-bond acceptors (Lipinski definition) is 1. The first kappa shape index (κ1) is 18.5. The van der Waals surface area contributed by atoms with Crippen molar-refractivity contribution in [3.05, 3.63) is 34.9 Å². The zero-order valence-corrected chi connectivity index (χ0v) is 15.0. The van der Waals surface area contributed by atoms with Crippen molar-refractivity contribution in [1.82, 2.24) is 5.32 Å². The molecule has 1 N–H and O–H groups in total. The summed E-state index contributed by atoms with van der Waals surface area (Å²) in [6, 6.07) is 8.32. The van der Waals surface area contributed by atoms with Crippen LogP contribution in [0.1, 0.15) is 65.4 Å². The predicted octanol–water partition coefficient (Wildman–Crippen LogP) is 5.86. The van der Waals surface area contributed by atoms with Crippen molar-refractivity contribution in [2.45, 2.75) is 71.8 Å². The average Bonchev–Trinajstić information content (AvgIpc) is 2.40. The molecule has 1 unspecified atom stereocenters. The van der Waals surface area contributed by atoms with Gasteiger partial charge in [0.2, 0.25) is 0 Å². The Hall–Kier alpha value is -0.530. The van der Waals surface area contributed by atoms with Crippen LogP contribution in [0.3, 0.4) is 0 Å². The zero-order valence-electron chi connectivity index (χ0n) is 14.2. The summed E-state index contributed by atoms with van der Waals surface area (Å²) in [6.07, 6.45) is 7.78. The molecule has 0 aliphatic rings.